The Hall–Kier alpha value is -0.940. The molecule has 0 aliphatic carbocycles. The molecule has 0 saturated carbocycles. The van der Waals surface area contributed by atoms with Crippen LogP contribution in [0, 0.1) is 0 Å². The third-order valence-corrected chi connectivity index (χ3v) is 3.50. The molecule has 2 amide bonds. The lowest BCUT2D eigenvalue weighted by Crippen LogP contribution is -2.53. The smallest absolute Gasteiger partial charge is 0.246 e. The molecule has 1 atom stereocenters. The number of carbonyl (C=O) groups is 2. The Balaban J connectivity index is 1.99. The van der Waals surface area contributed by atoms with Crippen molar-refractivity contribution in [3.63, 3.8) is 0 Å². The van der Waals surface area contributed by atoms with Crippen LogP contribution < -0.4 is 5.32 Å². The first kappa shape index (κ1) is 11.5. The fraction of sp³-hybridized carbons (Fsp3) is 0.818. The van der Waals surface area contributed by atoms with Crippen LogP contribution in [0.4, 0.5) is 0 Å². The van der Waals surface area contributed by atoms with E-state index in [2.05, 4.69) is 12.2 Å². The minimum absolute atomic E-state index is 0.0793. The highest BCUT2D eigenvalue weighted by molar-refractivity contribution is 6.05. The van der Waals surface area contributed by atoms with Gasteiger partial charge in [0.15, 0.2) is 0 Å². The summed E-state index contributed by atoms with van der Waals surface area (Å²) < 4.78 is 5.30. The fourth-order valence-electron chi connectivity index (χ4n) is 2.26. The van der Waals surface area contributed by atoms with Gasteiger partial charge in [-0.1, -0.05) is 0 Å². The Bertz CT molecular complexity index is 310. The van der Waals surface area contributed by atoms with Crippen LogP contribution in [-0.2, 0) is 14.3 Å². The molecule has 2 fully saturated rings. The molecule has 90 valence electrons. The molecule has 2 heterocycles. The maximum absolute atomic E-state index is 11.7. The third kappa shape index (κ3) is 2.10. The number of ether oxygens (including phenoxy) is 1. The van der Waals surface area contributed by atoms with E-state index in [1.54, 1.807) is 7.05 Å². The molecule has 0 radical (unpaired) electrons. The molecule has 2 aliphatic rings. The molecule has 2 aliphatic heterocycles. The average molecular weight is 226 g/mol. The summed E-state index contributed by atoms with van der Waals surface area (Å²) in [7, 11) is 1.54. The summed E-state index contributed by atoms with van der Waals surface area (Å²) in [6, 6.07) is -0.347. The Morgan fingerprint density at radius 2 is 2.00 bits per heavy atom. The lowest BCUT2D eigenvalue weighted by Gasteiger charge is -2.36. The van der Waals surface area contributed by atoms with Crippen LogP contribution in [0.1, 0.15) is 26.2 Å². The van der Waals surface area contributed by atoms with Gasteiger partial charge in [0.1, 0.15) is 0 Å². The molecule has 1 N–H and O–H groups in total. The van der Waals surface area contributed by atoms with E-state index < -0.39 is 0 Å². The van der Waals surface area contributed by atoms with Gasteiger partial charge in [0.2, 0.25) is 11.8 Å². The predicted octanol–water partition coefficient (Wildman–Crippen LogP) is -0.0976. The SMILES string of the molecule is CN1C(=O)CC(NC2(C)CCOCC2)C1=O. The maximum atomic E-state index is 11.7. The zero-order valence-electron chi connectivity index (χ0n) is 9.78. The molecule has 0 aromatic rings. The quantitative estimate of drug-likeness (QED) is 0.668. The summed E-state index contributed by atoms with van der Waals surface area (Å²) in [5.41, 5.74) is -0.0793. The van der Waals surface area contributed by atoms with Crippen LogP contribution in [-0.4, -0.2) is 48.6 Å². The first-order chi connectivity index (χ1) is 7.52. The van der Waals surface area contributed by atoms with Crippen molar-refractivity contribution in [3.05, 3.63) is 0 Å². The van der Waals surface area contributed by atoms with E-state index in [4.69, 9.17) is 4.74 Å². The van der Waals surface area contributed by atoms with Gasteiger partial charge >= 0.3 is 0 Å². The van der Waals surface area contributed by atoms with E-state index in [0.29, 0.717) is 13.2 Å². The zero-order chi connectivity index (χ0) is 11.8. The van der Waals surface area contributed by atoms with E-state index in [0.717, 1.165) is 12.8 Å². The Kier molecular flexibility index (Phi) is 2.99. The van der Waals surface area contributed by atoms with Crippen LogP contribution in [0.5, 0.6) is 0 Å². The summed E-state index contributed by atoms with van der Waals surface area (Å²) in [6.07, 6.45) is 2.05. The van der Waals surface area contributed by atoms with Crippen LogP contribution in [0.3, 0.4) is 0 Å². The number of nitrogens with zero attached hydrogens (tertiary/aromatic N) is 1. The topological polar surface area (TPSA) is 58.6 Å². The van der Waals surface area contributed by atoms with Crippen LogP contribution in [0.2, 0.25) is 0 Å². The molecule has 5 nitrogen and oxygen atoms in total. The normalized spacial score (nSPS) is 29.9. The van der Waals surface area contributed by atoms with E-state index in [9.17, 15) is 9.59 Å². The lowest BCUT2D eigenvalue weighted by molar-refractivity contribution is -0.137. The van der Waals surface area contributed by atoms with Crippen molar-refractivity contribution in [1.29, 1.82) is 0 Å². The van der Waals surface area contributed by atoms with E-state index in [1.807, 2.05) is 0 Å². The van der Waals surface area contributed by atoms with Gasteiger partial charge in [-0.25, -0.2) is 0 Å². The van der Waals surface area contributed by atoms with E-state index >= 15 is 0 Å². The van der Waals surface area contributed by atoms with Gasteiger partial charge in [-0.05, 0) is 19.8 Å². The predicted molar refractivity (Wildman–Crippen MR) is 57.8 cm³/mol. The minimum atomic E-state index is -0.347. The molecule has 1 unspecified atom stereocenters. The second kappa shape index (κ2) is 4.14. The molecule has 16 heavy (non-hydrogen) atoms. The van der Waals surface area contributed by atoms with Gasteiger partial charge in [0.25, 0.3) is 0 Å². The van der Waals surface area contributed by atoms with E-state index in [-0.39, 0.29) is 29.8 Å². The highest BCUT2D eigenvalue weighted by Crippen LogP contribution is 2.23. The maximum Gasteiger partial charge on any atom is 0.246 e. The number of rotatable bonds is 2. The van der Waals surface area contributed by atoms with Crippen molar-refractivity contribution in [3.8, 4) is 0 Å². The van der Waals surface area contributed by atoms with E-state index in [1.165, 1.54) is 4.90 Å². The molecule has 2 saturated heterocycles. The number of amides is 2. The largest absolute Gasteiger partial charge is 0.381 e. The van der Waals surface area contributed by atoms with Gasteiger partial charge in [-0.3, -0.25) is 19.8 Å². The van der Waals surface area contributed by atoms with Crippen molar-refractivity contribution in [1.82, 2.24) is 10.2 Å². The van der Waals surface area contributed by atoms with Crippen LogP contribution >= 0.6 is 0 Å². The molecule has 0 spiro atoms. The molecule has 0 aromatic carbocycles. The van der Waals surface area contributed by atoms with Gasteiger partial charge in [-0.2, -0.15) is 0 Å². The second-order valence-corrected chi connectivity index (χ2v) is 4.87. The Morgan fingerprint density at radius 3 is 2.50 bits per heavy atom. The minimum Gasteiger partial charge on any atom is -0.381 e. The van der Waals surface area contributed by atoms with Crippen molar-refractivity contribution in [2.24, 2.45) is 0 Å². The number of likely N-dealkylation sites (tertiary alicyclic amines) is 1. The number of nitrogens with one attached hydrogen (secondary N) is 1. The summed E-state index contributed by atoms with van der Waals surface area (Å²) in [5.74, 6) is -0.212. The number of hydrogen-bond donors (Lipinski definition) is 1. The zero-order valence-corrected chi connectivity index (χ0v) is 9.78. The van der Waals surface area contributed by atoms with Crippen molar-refractivity contribution >= 4 is 11.8 Å². The van der Waals surface area contributed by atoms with Crippen LogP contribution in [0.15, 0.2) is 0 Å². The fourth-order valence-corrected chi connectivity index (χ4v) is 2.26. The van der Waals surface area contributed by atoms with Crippen LogP contribution in [0.25, 0.3) is 0 Å². The first-order valence-corrected chi connectivity index (χ1v) is 5.68. The standard InChI is InChI=1S/C11H18N2O3/c1-11(3-5-16-6-4-11)12-8-7-9(14)13(2)10(8)15/h8,12H,3-7H2,1-2H3. The van der Waals surface area contributed by atoms with Crippen molar-refractivity contribution in [2.45, 2.75) is 37.8 Å². The number of imide groups is 1. The molecule has 5 heteroatoms. The Morgan fingerprint density at radius 1 is 1.38 bits per heavy atom. The molecule has 0 aromatic heterocycles. The Labute approximate surface area is 95.1 Å². The lowest BCUT2D eigenvalue weighted by atomic mass is 9.91. The first-order valence-electron chi connectivity index (χ1n) is 5.68. The highest BCUT2D eigenvalue weighted by Gasteiger charge is 2.40. The third-order valence-electron chi connectivity index (χ3n) is 3.50. The number of carbonyl (C=O) groups excluding carboxylic acids is 2. The average Bonchev–Trinajstić information content (AvgIpc) is 2.47. The van der Waals surface area contributed by atoms with Crippen molar-refractivity contribution < 1.29 is 14.3 Å². The molecule has 2 rings (SSSR count). The summed E-state index contributed by atoms with van der Waals surface area (Å²) in [6.45, 7) is 3.52. The van der Waals surface area contributed by atoms with Gasteiger partial charge in [0.05, 0.1) is 12.5 Å². The highest BCUT2D eigenvalue weighted by atomic mass is 16.5. The summed E-state index contributed by atoms with van der Waals surface area (Å²) >= 11 is 0. The van der Waals surface area contributed by atoms with Gasteiger partial charge in [0, 0.05) is 25.8 Å². The number of hydrogen-bond acceptors (Lipinski definition) is 4. The summed E-state index contributed by atoms with van der Waals surface area (Å²) in [4.78, 5) is 24.3. The molecular formula is C11H18N2O3. The van der Waals surface area contributed by atoms with Gasteiger partial charge in [-0.15, -0.1) is 0 Å². The van der Waals surface area contributed by atoms with Gasteiger partial charge < -0.3 is 4.74 Å². The second-order valence-electron chi connectivity index (χ2n) is 4.87. The monoisotopic (exact) mass is 226 g/mol. The molecular weight excluding hydrogens is 208 g/mol. The number of likely N-dealkylation sites (N-methyl/N-ethyl adjacent to an activating group) is 1. The molecule has 0 bridgehead atoms. The summed E-state index contributed by atoms with van der Waals surface area (Å²) in [5, 5.41) is 3.31. The van der Waals surface area contributed by atoms with Crippen molar-refractivity contribution in [2.75, 3.05) is 20.3 Å².